The molecule has 0 aromatic carbocycles. The molecule has 0 fully saturated rings. The van der Waals surface area contributed by atoms with Crippen LogP contribution in [0.2, 0.25) is 0 Å². The summed E-state index contributed by atoms with van der Waals surface area (Å²) in [6.45, 7) is 7.76. The lowest BCUT2D eigenvalue weighted by molar-refractivity contribution is 0.293. The van der Waals surface area contributed by atoms with Crippen molar-refractivity contribution < 1.29 is 9.94 Å². The molecule has 0 aromatic rings. The van der Waals surface area contributed by atoms with Crippen LogP contribution in [0.1, 0.15) is 34.1 Å². The Balaban J connectivity index is 0. The van der Waals surface area contributed by atoms with Gasteiger partial charge in [-0.3, -0.25) is 0 Å². The van der Waals surface area contributed by atoms with Crippen LogP contribution in [0.4, 0.5) is 0 Å². The predicted molar refractivity (Wildman–Crippen MR) is 63.9 cm³/mol. The van der Waals surface area contributed by atoms with Crippen molar-refractivity contribution in [2.24, 2.45) is 10.9 Å². The van der Waals surface area contributed by atoms with E-state index in [0.29, 0.717) is 6.42 Å². The molecular formula is C11H22N2O2. The Bertz CT molecular complexity index is 243. The molecular weight excluding hydrogens is 192 g/mol. The Kier molecular flexibility index (Phi) is 11.3. The zero-order valence-electron chi connectivity index (χ0n) is 10.2. The first-order valence-electron chi connectivity index (χ1n) is 5.05. The molecule has 0 saturated heterocycles. The molecule has 0 aromatic heterocycles. The van der Waals surface area contributed by atoms with Crippen molar-refractivity contribution in [3.63, 3.8) is 0 Å². The van der Waals surface area contributed by atoms with E-state index in [4.69, 9.17) is 15.7 Å². The first-order chi connectivity index (χ1) is 7.15. The van der Waals surface area contributed by atoms with Crippen molar-refractivity contribution in [1.82, 2.24) is 0 Å². The number of hydrogen-bond donors (Lipinski definition) is 2. The number of oxime groups is 1. The standard InChI is InChI=1S/C9H16N2O2.C2H6/c1-4-8(9(10)11-12)6-5-7(2)13-3;1-2/h5-6,12H,4H2,1-3H3,(H2,10,11);1-2H3/b7-5+,8-6+;. The van der Waals surface area contributed by atoms with Gasteiger partial charge in [-0.25, -0.2) is 0 Å². The van der Waals surface area contributed by atoms with Gasteiger partial charge in [-0.2, -0.15) is 0 Å². The largest absolute Gasteiger partial charge is 0.501 e. The smallest absolute Gasteiger partial charge is 0.165 e. The monoisotopic (exact) mass is 214 g/mol. The number of methoxy groups -OCH3 is 1. The van der Waals surface area contributed by atoms with E-state index in [2.05, 4.69) is 5.16 Å². The van der Waals surface area contributed by atoms with E-state index in [0.717, 1.165) is 11.3 Å². The van der Waals surface area contributed by atoms with Gasteiger partial charge in [-0.15, -0.1) is 0 Å². The summed E-state index contributed by atoms with van der Waals surface area (Å²) in [6, 6.07) is 0. The number of hydrogen-bond acceptors (Lipinski definition) is 3. The van der Waals surface area contributed by atoms with Gasteiger partial charge >= 0.3 is 0 Å². The Labute approximate surface area is 92.1 Å². The molecule has 3 N–H and O–H groups in total. The number of ether oxygens (including phenoxy) is 1. The minimum Gasteiger partial charge on any atom is -0.501 e. The maximum Gasteiger partial charge on any atom is 0.165 e. The minimum atomic E-state index is 0.141. The van der Waals surface area contributed by atoms with E-state index < -0.39 is 0 Å². The average molecular weight is 214 g/mol. The third-order valence-electron chi connectivity index (χ3n) is 1.66. The molecule has 0 bridgehead atoms. The van der Waals surface area contributed by atoms with Gasteiger partial charge in [0.15, 0.2) is 5.84 Å². The second-order valence-corrected chi connectivity index (χ2v) is 2.51. The summed E-state index contributed by atoms with van der Waals surface area (Å²) in [4.78, 5) is 0. The topological polar surface area (TPSA) is 67.8 Å². The van der Waals surface area contributed by atoms with Gasteiger partial charge in [0.25, 0.3) is 0 Å². The maximum absolute atomic E-state index is 8.43. The molecule has 4 nitrogen and oxygen atoms in total. The summed E-state index contributed by atoms with van der Waals surface area (Å²) in [7, 11) is 1.59. The Morgan fingerprint density at radius 3 is 2.27 bits per heavy atom. The Morgan fingerprint density at radius 1 is 1.40 bits per heavy atom. The van der Waals surface area contributed by atoms with Crippen molar-refractivity contribution in [3.05, 3.63) is 23.5 Å². The summed E-state index contributed by atoms with van der Waals surface area (Å²) in [6.07, 6.45) is 4.26. The molecule has 0 amide bonds. The SMILES string of the molecule is CC.CCC(=C\C=C(/C)OC)/C(N)=N/O. The molecule has 0 spiro atoms. The minimum absolute atomic E-state index is 0.141. The van der Waals surface area contributed by atoms with E-state index in [1.165, 1.54) is 0 Å². The highest BCUT2D eigenvalue weighted by atomic mass is 16.5. The molecule has 0 radical (unpaired) electrons. The summed E-state index contributed by atoms with van der Waals surface area (Å²) in [5.74, 6) is 0.916. The van der Waals surface area contributed by atoms with Crippen molar-refractivity contribution in [3.8, 4) is 0 Å². The molecule has 0 heterocycles. The third kappa shape index (κ3) is 7.61. The van der Waals surface area contributed by atoms with Crippen LogP contribution in [0.3, 0.4) is 0 Å². The lowest BCUT2D eigenvalue weighted by atomic mass is 10.1. The van der Waals surface area contributed by atoms with Crippen molar-refractivity contribution in [1.29, 1.82) is 0 Å². The van der Waals surface area contributed by atoms with Gasteiger partial charge < -0.3 is 15.7 Å². The quantitative estimate of drug-likeness (QED) is 0.189. The van der Waals surface area contributed by atoms with Gasteiger partial charge in [0.05, 0.1) is 12.9 Å². The van der Waals surface area contributed by atoms with Crippen LogP contribution in [0.5, 0.6) is 0 Å². The number of nitrogens with two attached hydrogens (primary N) is 1. The van der Waals surface area contributed by atoms with Crippen LogP contribution in [0.15, 0.2) is 28.6 Å². The molecule has 0 aliphatic rings. The van der Waals surface area contributed by atoms with Crippen LogP contribution >= 0.6 is 0 Å². The number of rotatable bonds is 4. The van der Waals surface area contributed by atoms with Crippen LogP contribution in [-0.4, -0.2) is 18.2 Å². The first kappa shape index (κ1) is 16.0. The molecule has 0 unspecified atom stereocenters. The lowest BCUT2D eigenvalue weighted by Gasteiger charge is -2.00. The molecule has 88 valence electrons. The normalized spacial score (nSPS) is 13.0. The maximum atomic E-state index is 8.43. The summed E-state index contributed by atoms with van der Waals surface area (Å²) < 4.78 is 4.93. The number of amidine groups is 1. The highest BCUT2D eigenvalue weighted by molar-refractivity contribution is 5.96. The summed E-state index contributed by atoms with van der Waals surface area (Å²) in [5.41, 5.74) is 6.19. The Hall–Kier alpha value is -1.45. The molecule has 0 aliphatic carbocycles. The van der Waals surface area contributed by atoms with Gasteiger partial charge in [-0.05, 0) is 25.0 Å². The van der Waals surface area contributed by atoms with Gasteiger partial charge in [0, 0.05) is 0 Å². The van der Waals surface area contributed by atoms with Crippen LogP contribution < -0.4 is 5.73 Å². The summed E-state index contributed by atoms with van der Waals surface area (Å²) in [5, 5.41) is 11.3. The summed E-state index contributed by atoms with van der Waals surface area (Å²) >= 11 is 0. The fraction of sp³-hybridized carbons (Fsp3) is 0.545. The predicted octanol–water partition coefficient (Wildman–Crippen LogP) is 2.65. The molecule has 0 rings (SSSR count). The second kappa shape index (κ2) is 10.6. The fourth-order valence-corrected chi connectivity index (χ4v) is 0.735. The second-order valence-electron chi connectivity index (χ2n) is 2.51. The van der Waals surface area contributed by atoms with E-state index in [1.54, 1.807) is 19.3 Å². The van der Waals surface area contributed by atoms with E-state index in [9.17, 15) is 0 Å². The fourth-order valence-electron chi connectivity index (χ4n) is 0.735. The number of allylic oxidation sites excluding steroid dienone is 3. The van der Waals surface area contributed by atoms with Gasteiger partial charge in [-0.1, -0.05) is 32.0 Å². The third-order valence-corrected chi connectivity index (χ3v) is 1.66. The van der Waals surface area contributed by atoms with Crippen LogP contribution in [-0.2, 0) is 4.74 Å². The van der Waals surface area contributed by atoms with Crippen LogP contribution in [0.25, 0.3) is 0 Å². The lowest BCUT2D eigenvalue weighted by Crippen LogP contribution is -2.14. The van der Waals surface area contributed by atoms with Gasteiger partial charge in [0.1, 0.15) is 0 Å². The van der Waals surface area contributed by atoms with Crippen LogP contribution in [0, 0.1) is 0 Å². The highest BCUT2D eigenvalue weighted by Crippen LogP contribution is 2.03. The molecule has 15 heavy (non-hydrogen) atoms. The molecule has 0 saturated carbocycles. The Morgan fingerprint density at radius 2 is 1.93 bits per heavy atom. The van der Waals surface area contributed by atoms with Crippen molar-refractivity contribution in [2.45, 2.75) is 34.1 Å². The zero-order valence-corrected chi connectivity index (χ0v) is 10.2. The van der Waals surface area contributed by atoms with Crippen molar-refractivity contribution >= 4 is 5.84 Å². The first-order valence-corrected chi connectivity index (χ1v) is 5.05. The molecule has 0 aliphatic heterocycles. The highest BCUT2D eigenvalue weighted by Gasteiger charge is 1.98. The zero-order chi connectivity index (χ0) is 12.3. The van der Waals surface area contributed by atoms with E-state index in [1.807, 2.05) is 27.7 Å². The number of nitrogens with zero attached hydrogens (tertiary/aromatic N) is 1. The average Bonchev–Trinajstić information content (AvgIpc) is 2.31. The molecule has 0 atom stereocenters. The van der Waals surface area contributed by atoms with E-state index >= 15 is 0 Å². The van der Waals surface area contributed by atoms with E-state index in [-0.39, 0.29) is 5.84 Å². The molecule has 4 heteroatoms. The van der Waals surface area contributed by atoms with Crippen molar-refractivity contribution in [2.75, 3.05) is 7.11 Å². The van der Waals surface area contributed by atoms with Gasteiger partial charge in [0.2, 0.25) is 0 Å².